The first-order valence-corrected chi connectivity index (χ1v) is 6.79. The summed E-state index contributed by atoms with van der Waals surface area (Å²) >= 11 is 0. The average Bonchev–Trinajstić information content (AvgIpc) is 2.09. The molecule has 0 bridgehead atoms. The molecule has 6 heteroatoms. The highest BCUT2D eigenvalue weighted by Crippen LogP contribution is 2.14. The quantitative estimate of drug-likeness (QED) is 0.743. The summed E-state index contributed by atoms with van der Waals surface area (Å²) in [6, 6.07) is 0. The summed E-state index contributed by atoms with van der Waals surface area (Å²) < 4.78 is 25.0. The largest absolute Gasteiger partial charge is 0.481 e. The van der Waals surface area contributed by atoms with Gasteiger partial charge in [0.1, 0.15) is 0 Å². The van der Waals surface area contributed by atoms with Crippen LogP contribution in [0.15, 0.2) is 0 Å². The lowest BCUT2D eigenvalue weighted by Crippen LogP contribution is -2.41. The van der Waals surface area contributed by atoms with Gasteiger partial charge in [-0.2, -0.15) is 0 Å². The number of aliphatic carboxylic acids is 1. The van der Waals surface area contributed by atoms with Crippen molar-refractivity contribution in [3.63, 3.8) is 0 Å². The molecule has 0 aromatic carbocycles. The lowest BCUT2D eigenvalue weighted by Gasteiger charge is -2.21. The molecule has 16 heavy (non-hydrogen) atoms. The Morgan fingerprint density at radius 1 is 1.38 bits per heavy atom. The number of sulfonamides is 1. The zero-order chi connectivity index (χ0) is 13.0. The van der Waals surface area contributed by atoms with Crippen molar-refractivity contribution in [2.24, 2.45) is 5.92 Å². The summed E-state index contributed by atoms with van der Waals surface area (Å²) in [7, 11) is -3.38. The van der Waals surface area contributed by atoms with Crippen LogP contribution in [-0.2, 0) is 14.8 Å². The lowest BCUT2D eigenvalue weighted by atomic mass is 10.0. The Bertz CT molecular complexity index is 329. The van der Waals surface area contributed by atoms with E-state index >= 15 is 0 Å². The van der Waals surface area contributed by atoms with Crippen LogP contribution >= 0.6 is 0 Å². The highest BCUT2D eigenvalue weighted by molar-refractivity contribution is 7.90. The van der Waals surface area contributed by atoms with Crippen LogP contribution in [0.5, 0.6) is 0 Å². The third-order valence-electron chi connectivity index (χ3n) is 2.41. The summed E-state index contributed by atoms with van der Waals surface area (Å²) in [5.41, 5.74) is 0. The summed E-state index contributed by atoms with van der Waals surface area (Å²) in [5, 5.41) is 8.63. The monoisotopic (exact) mass is 251 g/mol. The number of carbonyl (C=O) groups is 1. The predicted molar refractivity (Wildman–Crippen MR) is 62.7 cm³/mol. The van der Waals surface area contributed by atoms with Gasteiger partial charge in [-0.3, -0.25) is 4.79 Å². The van der Waals surface area contributed by atoms with E-state index in [0.717, 1.165) is 0 Å². The molecular formula is C10H21NO4S. The predicted octanol–water partition coefficient (Wildman–Crippen LogP) is 1.21. The molecule has 0 heterocycles. The van der Waals surface area contributed by atoms with Crippen molar-refractivity contribution in [1.29, 1.82) is 0 Å². The van der Waals surface area contributed by atoms with Crippen LogP contribution in [0.4, 0.5) is 0 Å². The number of carboxylic acids is 1. The fourth-order valence-electron chi connectivity index (χ4n) is 1.05. The van der Waals surface area contributed by atoms with Gasteiger partial charge in [-0.05, 0) is 26.7 Å². The van der Waals surface area contributed by atoms with Crippen LogP contribution in [-0.4, -0.2) is 30.8 Å². The Morgan fingerprint density at radius 3 is 2.19 bits per heavy atom. The summed E-state index contributed by atoms with van der Waals surface area (Å²) in [5.74, 6) is -1.06. The van der Waals surface area contributed by atoms with Gasteiger partial charge in [0.25, 0.3) is 0 Å². The molecule has 2 N–H and O–H groups in total. The van der Waals surface area contributed by atoms with Crippen molar-refractivity contribution in [2.45, 2.75) is 45.3 Å². The van der Waals surface area contributed by atoms with E-state index in [1.165, 1.54) is 0 Å². The molecule has 0 aliphatic rings. The van der Waals surface area contributed by atoms with Gasteiger partial charge in [0, 0.05) is 13.0 Å². The van der Waals surface area contributed by atoms with Crippen molar-refractivity contribution < 1.29 is 18.3 Å². The van der Waals surface area contributed by atoms with Gasteiger partial charge in [0.15, 0.2) is 0 Å². The number of hydrogen-bond donors (Lipinski definition) is 2. The first-order valence-electron chi connectivity index (χ1n) is 5.31. The van der Waals surface area contributed by atoms with Crippen LogP contribution in [0.1, 0.15) is 40.5 Å². The lowest BCUT2D eigenvalue weighted by molar-refractivity contribution is -0.138. The van der Waals surface area contributed by atoms with Gasteiger partial charge >= 0.3 is 5.97 Å². The maximum atomic E-state index is 11.7. The molecule has 0 radical (unpaired) electrons. The second kappa shape index (κ2) is 5.63. The van der Waals surface area contributed by atoms with Crippen molar-refractivity contribution >= 4 is 16.0 Å². The van der Waals surface area contributed by atoms with Gasteiger partial charge in [0.2, 0.25) is 10.0 Å². The molecule has 1 atom stereocenters. The van der Waals surface area contributed by atoms with Gasteiger partial charge in [-0.25, -0.2) is 13.1 Å². The molecule has 0 aliphatic heterocycles. The van der Waals surface area contributed by atoms with E-state index in [4.69, 9.17) is 5.11 Å². The molecule has 0 fully saturated rings. The zero-order valence-electron chi connectivity index (χ0n) is 10.3. The van der Waals surface area contributed by atoms with E-state index < -0.39 is 20.7 Å². The van der Waals surface area contributed by atoms with Gasteiger partial charge in [-0.1, -0.05) is 13.3 Å². The Morgan fingerprint density at radius 2 is 1.88 bits per heavy atom. The van der Waals surface area contributed by atoms with E-state index in [1.807, 2.05) is 6.92 Å². The molecular weight excluding hydrogens is 230 g/mol. The van der Waals surface area contributed by atoms with E-state index in [2.05, 4.69) is 4.72 Å². The van der Waals surface area contributed by atoms with Crippen LogP contribution in [0.3, 0.4) is 0 Å². The van der Waals surface area contributed by atoms with Gasteiger partial charge in [0.05, 0.1) is 4.75 Å². The molecule has 96 valence electrons. The molecule has 0 aromatic heterocycles. The standard InChI is InChI=1S/C10H21NO4S/c1-5-8(6-9(12)13)7-11-16(14,15)10(2,3)4/h8,11H,5-7H2,1-4H3,(H,12,13). The molecule has 1 unspecified atom stereocenters. The van der Waals surface area contributed by atoms with Crippen molar-refractivity contribution in [1.82, 2.24) is 4.72 Å². The topological polar surface area (TPSA) is 83.5 Å². The average molecular weight is 251 g/mol. The highest BCUT2D eigenvalue weighted by atomic mass is 32.2. The van der Waals surface area contributed by atoms with E-state index in [1.54, 1.807) is 20.8 Å². The fourth-order valence-corrected chi connectivity index (χ4v) is 1.94. The Balaban J connectivity index is 4.38. The van der Waals surface area contributed by atoms with Crippen LogP contribution < -0.4 is 4.72 Å². The van der Waals surface area contributed by atoms with Crippen LogP contribution in [0, 0.1) is 5.92 Å². The smallest absolute Gasteiger partial charge is 0.303 e. The molecule has 0 aliphatic carbocycles. The Hall–Kier alpha value is -0.620. The first kappa shape index (κ1) is 15.4. The number of nitrogens with one attached hydrogen (secondary N) is 1. The minimum absolute atomic E-state index is 0.0108. The van der Waals surface area contributed by atoms with E-state index in [0.29, 0.717) is 6.42 Å². The molecule has 0 saturated carbocycles. The maximum Gasteiger partial charge on any atom is 0.303 e. The molecule has 0 aromatic rings. The third-order valence-corrected chi connectivity index (χ3v) is 4.57. The Kier molecular flexibility index (Phi) is 5.41. The SMILES string of the molecule is CCC(CNS(=O)(=O)C(C)(C)C)CC(=O)O. The third kappa shape index (κ3) is 4.94. The van der Waals surface area contributed by atoms with Crippen LogP contribution in [0.2, 0.25) is 0 Å². The minimum Gasteiger partial charge on any atom is -0.481 e. The highest BCUT2D eigenvalue weighted by Gasteiger charge is 2.29. The van der Waals surface area contributed by atoms with Crippen molar-refractivity contribution in [2.75, 3.05) is 6.54 Å². The first-order chi connectivity index (χ1) is 7.10. The summed E-state index contributed by atoms with van der Waals surface area (Å²) in [6.45, 7) is 6.84. The van der Waals surface area contributed by atoms with Gasteiger partial charge in [-0.15, -0.1) is 0 Å². The molecule has 5 nitrogen and oxygen atoms in total. The second-order valence-electron chi connectivity index (χ2n) is 4.84. The summed E-state index contributed by atoms with van der Waals surface area (Å²) in [6.07, 6.45) is 0.627. The number of hydrogen-bond acceptors (Lipinski definition) is 3. The molecule has 0 spiro atoms. The van der Waals surface area contributed by atoms with E-state index in [-0.39, 0.29) is 18.9 Å². The second-order valence-corrected chi connectivity index (χ2v) is 7.36. The molecule has 0 amide bonds. The zero-order valence-corrected chi connectivity index (χ0v) is 11.1. The minimum atomic E-state index is -3.38. The number of carboxylic acid groups (broad SMARTS) is 1. The number of rotatable bonds is 6. The summed E-state index contributed by atoms with van der Waals surface area (Å²) in [4.78, 5) is 10.5. The molecule has 0 rings (SSSR count). The Labute approximate surface area is 97.3 Å². The molecule has 0 saturated heterocycles. The maximum absolute atomic E-state index is 11.7. The van der Waals surface area contributed by atoms with Crippen LogP contribution in [0.25, 0.3) is 0 Å². The van der Waals surface area contributed by atoms with Crippen molar-refractivity contribution in [3.8, 4) is 0 Å². The fraction of sp³-hybridized carbons (Fsp3) is 0.900. The van der Waals surface area contributed by atoms with E-state index in [9.17, 15) is 13.2 Å². The normalized spacial score (nSPS) is 14.8. The van der Waals surface area contributed by atoms with Gasteiger partial charge < -0.3 is 5.11 Å². The van der Waals surface area contributed by atoms with Crippen molar-refractivity contribution in [3.05, 3.63) is 0 Å².